The van der Waals surface area contributed by atoms with E-state index in [1.807, 2.05) is 0 Å². The molecule has 6 heteroatoms. The molecule has 0 saturated heterocycles. The number of carbonyl (C=O) groups excluding carboxylic acids is 2. The second-order valence-corrected chi connectivity index (χ2v) is 7.75. The first-order chi connectivity index (χ1) is 13.5. The van der Waals surface area contributed by atoms with Crippen LogP contribution in [0.3, 0.4) is 0 Å². The van der Waals surface area contributed by atoms with E-state index in [1.54, 1.807) is 18.2 Å². The minimum atomic E-state index is -0.408. The van der Waals surface area contributed by atoms with Gasteiger partial charge in [0.05, 0.1) is 26.1 Å². The lowest BCUT2D eigenvalue weighted by Gasteiger charge is -2.07. The monoisotopic (exact) mass is 430 g/mol. The average Bonchev–Trinajstić information content (AvgIpc) is 2.67. The van der Waals surface area contributed by atoms with E-state index in [9.17, 15) is 9.59 Å². The van der Waals surface area contributed by atoms with Crippen LogP contribution in [0.4, 0.5) is 0 Å². The number of halogens is 2. The van der Waals surface area contributed by atoms with E-state index in [-0.39, 0.29) is 25.4 Å². The van der Waals surface area contributed by atoms with Crippen molar-refractivity contribution in [2.45, 2.75) is 77.6 Å². The molecule has 0 heterocycles. The van der Waals surface area contributed by atoms with Gasteiger partial charge in [0.25, 0.3) is 0 Å². The third-order valence-corrected chi connectivity index (χ3v) is 5.03. The van der Waals surface area contributed by atoms with E-state index in [1.165, 1.54) is 38.5 Å². The third-order valence-electron chi connectivity index (χ3n) is 4.44. The fourth-order valence-electron chi connectivity index (χ4n) is 2.77. The standard InChI is InChI=1S/C22H32Cl2O4/c1-2-3-4-5-6-7-8-9-15-27-21(25)12-13-22(26)28-16-14-18-10-11-19(23)17-20(18)24/h10-11,17H,2-9,12-16H2,1H3. The van der Waals surface area contributed by atoms with E-state index in [2.05, 4.69) is 6.92 Å². The Balaban J connectivity index is 2.00. The number of carbonyl (C=O) groups is 2. The highest BCUT2D eigenvalue weighted by molar-refractivity contribution is 6.35. The molecule has 0 aliphatic heterocycles. The Morgan fingerprint density at radius 2 is 1.39 bits per heavy atom. The van der Waals surface area contributed by atoms with Crippen LogP contribution in [-0.2, 0) is 25.5 Å². The van der Waals surface area contributed by atoms with Gasteiger partial charge in [-0.2, -0.15) is 0 Å². The molecule has 0 fully saturated rings. The summed E-state index contributed by atoms with van der Waals surface area (Å²) in [5, 5.41) is 1.12. The predicted octanol–water partition coefficient (Wildman–Crippen LogP) is 6.54. The first-order valence-electron chi connectivity index (χ1n) is 10.3. The normalized spacial score (nSPS) is 10.7. The Labute approximate surface area is 178 Å². The third kappa shape index (κ3) is 12.2. The Hall–Kier alpha value is -1.26. The fraction of sp³-hybridized carbons (Fsp3) is 0.636. The summed E-state index contributed by atoms with van der Waals surface area (Å²) < 4.78 is 10.3. The lowest BCUT2D eigenvalue weighted by molar-refractivity contribution is -0.150. The zero-order valence-corrected chi connectivity index (χ0v) is 18.3. The zero-order chi connectivity index (χ0) is 20.6. The second kappa shape index (κ2) is 15.6. The van der Waals surface area contributed by atoms with Crippen LogP contribution in [0.15, 0.2) is 18.2 Å². The van der Waals surface area contributed by atoms with Crippen LogP contribution in [0, 0.1) is 0 Å². The lowest BCUT2D eigenvalue weighted by atomic mass is 10.1. The minimum Gasteiger partial charge on any atom is -0.466 e. The Morgan fingerprint density at radius 3 is 2.00 bits per heavy atom. The smallest absolute Gasteiger partial charge is 0.306 e. The van der Waals surface area contributed by atoms with Crippen LogP contribution in [0.2, 0.25) is 10.0 Å². The Kier molecular flexibility index (Phi) is 13.8. The summed E-state index contributed by atoms with van der Waals surface area (Å²) >= 11 is 11.9. The van der Waals surface area contributed by atoms with Crippen LogP contribution in [0.25, 0.3) is 0 Å². The maximum absolute atomic E-state index is 11.7. The Bertz CT molecular complexity index is 590. The molecule has 0 aliphatic rings. The van der Waals surface area contributed by atoms with Crippen LogP contribution in [-0.4, -0.2) is 25.2 Å². The van der Waals surface area contributed by atoms with Crippen molar-refractivity contribution in [3.63, 3.8) is 0 Å². The highest BCUT2D eigenvalue weighted by Crippen LogP contribution is 2.21. The first kappa shape index (κ1) is 24.8. The number of unbranched alkanes of at least 4 members (excludes halogenated alkanes) is 7. The van der Waals surface area contributed by atoms with Gasteiger partial charge in [0.15, 0.2) is 0 Å². The van der Waals surface area contributed by atoms with Crippen molar-refractivity contribution < 1.29 is 19.1 Å². The number of hydrogen-bond donors (Lipinski definition) is 0. The van der Waals surface area contributed by atoms with Crippen LogP contribution < -0.4 is 0 Å². The molecular weight excluding hydrogens is 399 g/mol. The molecule has 158 valence electrons. The van der Waals surface area contributed by atoms with Crippen molar-refractivity contribution in [3.05, 3.63) is 33.8 Å². The van der Waals surface area contributed by atoms with E-state index in [0.29, 0.717) is 23.1 Å². The highest BCUT2D eigenvalue weighted by Gasteiger charge is 2.10. The molecule has 0 radical (unpaired) electrons. The van der Waals surface area contributed by atoms with E-state index in [0.717, 1.165) is 18.4 Å². The highest BCUT2D eigenvalue weighted by atomic mass is 35.5. The van der Waals surface area contributed by atoms with Crippen LogP contribution in [0.1, 0.15) is 76.7 Å². The Morgan fingerprint density at radius 1 is 0.821 bits per heavy atom. The van der Waals surface area contributed by atoms with Crippen LogP contribution >= 0.6 is 23.2 Å². The largest absolute Gasteiger partial charge is 0.466 e. The molecule has 0 unspecified atom stereocenters. The van der Waals surface area contributed by atoms with Gasteiger partial charge >= 0.3 is 11.9 Å². The summed E-state index contributed by atoms with van der Waals surface area (Å²) in [5.74, 6) is -0.755. The zero-order valence-electron chi connectivity index (χ0n) is 16.8. The van der Waals surface area contributed by atoms with Gasteiger partial charge in [-0.15, -0.1) is 0 Å². The predicted molar refractivity (Wildman–Crippen MR) is 114 cm³/mol. The molecule has 28 heavy (non-hydrogen) atoms. The summed E-state index contributed by atoms with van der Waals surface area (Å²) in [7, 11) is 0. The van der Waals surface area contributed by atoms with Gasteiger partial charge in [0.2, 0.25) is 0 Å². The molecule has 4 nitrogen and oxygen atoms in total. The first-order valence-corrected chi connectivity index (χ1v) is 11.0. The van der Waals surface area contributed by atoms with E-state index < -0.39 is 5.97 Å². The van der Waals surface area contributed by atoms with Crippen molar-refractivity contribution in [2.75, 3.05) is 13.2 Å². The summed E-state index contributed by atoms with van der Waals surface area (Å²) in [6, 6.07) is 5.21. The van der Waals surface area contributed by atoms with Gasteiger partial charge in [-0.1, -0.05) is 81.1 Å². The molecular formula is C22H32Cl2O4. The lowest BCUT2D eigenvalue weighted by Crippen LogP contribution is -2.12. The quantitative estimate of drug-likeness (QED) is 0.234. The minimum absolute atomic E-state index is 0.0324. The number of rotatable bonds is 15. The molecule has 0 N–H and O–H groups in total. The molecule has 0 atom stereocenters. The maximum Gasteiger partial charge on any atom is 0.306 e. The molecule has 1 aromatic rings. The average molecular weight is 431 g/mol. The summed E-state index contributed by atoms with van der Waals surface area (Å²) in [5.41, 5.74) is 0.864. The van der Waals surface area contributed by atoms with E-state index in [4.69, 9.17) is 32.7 Å². The molecule has 0 aliphatic carbocycles. The maximum atomic E-state index is 11.7. The van der Waals surface area contributed by atoms with Gasteiger partial charge in [-0.3, -0.25) is 9.59 Å². The molecule has 0 saturated carbocycles. The van der Waals surface area contributed by atoms with E-state index >= 15 is 0 Å². The number of ether oxygens (including phenoxy) is 2. The van der Waals surface area contributed by atoms with Gasteiger partial charge in [-0.25, -0.2) is 0 Å². The second-order valence-electron chi connectivity index (χ2n) is 6.90. The number of benzene rings is 1. The fourth-order valence-corrected chi connectivity index (χ4v) is 3.27. The topological polar surface area (TPSA) is 52.6 Å². The van der Waals surface area contributed by atoms with Crippen molar-refractivity contribution >= 4 is 35.1 Å². The van der Waals surface area contributed by atoms with Crippen molar-refractivity contribution in [1.82, 2.24) is 0 Å². The summed E-state index contributed by atoms with van der Waals surface area (Å²) in [6.45, 7) is 2.86. The van der Waals surface area contributed by atoms with Crippen molar-refractivity contribution in [1.29, 1.82) is 0 Å². The van der Waals surface area contributed by atoms with Gasteiger partial charge in [0.1, 0.15) is 0 Å². The molecule has 0 spiro atoms. The SMILES string of the molecule is CCCCCCCCCCOC(=O)CCC(=O)OCCc1ccc(Cl)cc1Cl. The molecule has 1 aromatic carbocycles. The van der Waals surface area contributed by atoms with Gasteiger partial charge in [-0.05, 0) is 24.1 Å². The summed E-state index contributed by atoms with van der Waals surface area (Å²) in [4.78, 5) is 23.4. The van der Waals surface area contributed by atoms with Crippen LogP contribution in [0.5, 0.6) is 0 Å². The molecule has 1 rings (SSSR count). The molecule has 0 aromatic heterocycles. The summed E-state index contributed by atoms with van der Waals surface area (Å²) in [6.07, 6.45) is 10.2. The van der Waals surface area contributed by atoms with Crippen molar-refractivity contribution in [2.24, 2.45) is 0 Å². The van der Waals surface area contributed by atoms with Crippen molar-refractivity contribution in [3.8, 4) is 0 Å². The van der Waals surface area contributed by atoms with Gasteiger partial charge in [0, 0.05) is 16.5 Å². The number of esters is 2. The number of hydrogen-bond acceptors (Lipinski definition) is 4. The molecule has 0 bridgehead atoms. The van der Waals surface area contributed by atoms with Gasteiger partial charge < -0.3 is 9.47 Å². The molecule has 0 amide bonds.